The Hall–Kier alpha value is 1.53. The molecule has 0 aliphatic carbocycles. The van der Waals surface area contributed by atoms with Gasteiger partial charge in [-0.05, 0) is 0 Å². The van der Waals surface area contributed by atoms with Crippen molar-refractivity contribution in [2.75, 3.05) is 0 Å². The second-order valence-electron chi connectivity index (χ2n) is 0. The maximum Gasteiger partial charge on any atom is 0.187 e. The zero-order valence-electron chi connectivity index (χ0n) is 1.36. The van der Waals surface area contributed by atoms with Gasteiger partial charge in [0.25, 0.3) is 0 Å². The summed E-state index contributed by atoms with van der Waals surface area (Å²) >= 11 is 0. The van der Waals surface area contributed by atoms with E-state index in [1.807, 2.05) is 0 Å². The van der Waals surface area contributed by atoms with Crippen LogP contribution in [-0.2, 0) is 34.1 Å². The molecule has 0 aromatic heterocycles. The van der Waals surface area contributed by atoms with Crippen molar-refractivity contribution in [3.05, 3.63) is 0 Å². The first-order valence-electron chi connectivity index (χ1n) is 0. The van der Waals surface area contributed by atoms with Crippen LogP contribution < -0.4 is 6.15 Å². The average molecular weight is 166 g/mol. The third kappa shape index (κ3) is 9.65. The largest absolute Gasteiger partial charge is 0.344 e. The van der Waals surface area contributed by atoms with Gasteiger partial charge in [0.1, 0.15) is 0 Å². The van der Waals surface area contributed by atoms with Gasteiger partial charge in [0, 0.05) is 34.1 Å². The molecule has 0 heterocycles. The Balaban J connectivity index is 0. The van der Waals surface area contributed by atoms with Crippen LogP contribution in [0.5, 0.6) is 0 Å². The first-order valence-corrected chi connectivity index (χ1v) is 0. The fourth-order valence-corrected chi connectivity index (χ4v) is 0. The molecule has 0 aromatic rings. The summed E-state index contributed by atoms with van der Waals surface area (Å²) in [6.45, 7) is 0. The minimum absolute atomic E-state index is 0. The maximum absolute atomic E-state index is 0. The van der Waals surface area contributed by atoms with E-state index >= 15 is 0 Å². The smallest absolute Gasteiger partial charge is 0.187 e. The Bertz CT molecular complexity index is 8.00. The molecule has 0 bridgehead atoms. The molecule has 3 N–H and O–H groups in total. The predicted octanol–water partition coefficient (Wildman–Crippen LogP) is -1.03. The monoisotopic (exact) mass is 166 g/mol. The maximum atomic E-state index is 0. The van der Waals surface area contributed by atoms with Crippen molar-refractivity contribution < 1.29 is 34.1 Å². The van der Waals surface area contributed by atoms with Gasteiger partial charge in [-0.3, -0.25) is 0 Å². The Kier molecular flexibility index (Phi) is 292. The number of hydrogen-bond acceptors (Lipinski definition) is 1. The first-order chi connectivity index (χ1) is 0. The fraction of sp³-hybridized carbons (Fsp3) is 0. The molecule has 0 unspecified atom stereocenters. The first kappa shape index (κ1) is 48.4. The third-order valence-electron chi connectivity index (χ3n) is 0. The zero-order valence-corrected chi connectivity index (χ0v) is 3.41. The summed E-state index contributed by atoms with van der Waals surface area (Å²) in [4.78, 5) is 0. The molecule has 0 aliphatic rings. The third-order valence-corrected chi connectivity index (χ3v) is 0. The average Bonchev–Trinajstić information content (AvgIpc) is 0. The van der Waals surface area contributed by atoms with Crippen LogP contribution in [0.2, 0.25) is 0 Å². The van der Waals surface area contributed by atoms with Crippen LogP contribution >= 0.6 is 0 Å². The van der Waals surface area contributed by atoms with Gasteiger partial charge in [-0.1, -0.05) is 0 Å². The van der Waals surface area contributed by atoms with Crippen LogP contribution in [-0.4, -0.2) is 17.4 Å². The molecule has 0 aromatic carbocycles. The zero-order chi connectivity index (χ0) is 0. The quantitative estimate of drug-likeness (QED) is 0.459. The summed E-state index contributed by atoms with van der Waals surface area (Å²) in [6.07, 6.45) is 0. The van der Waals surface area contributed by atoms with Gasteiger partial charge in [-0.25, -0.2) is 0 Å². The van der Waals surface area contributed by atoms with E-state index in [9.17, 15) is 0 Å². The molecule has 4 heteroatoms. The Morgan fingerprint density at radius 2 is 1.00 bits per heavy atom. The van der Waals surface area contributed by atoms with Crippen molar-refractivity contribution in [3.63, 3.8) is 0 Å². The summed E-state index contributed by atoms with van der Waals surface area (Å²) in [6, 6.07) is 0. The van der Waals surface area contributed by atoms with Gasteiger partial charge >= 0.3 is 0 Å². The van der Waals surface area contributed by atoms with Crippen molar-refractivity contribution in [1.82, 2.24) is 6.15 Å². The molecule has 0 fully saturated rings. The summed E-state index contributed by atoms with van der Waals surface area (Å²) in [5.74, 6) is 0. The summed E-state index contributed by atoms with van der Waals surface area (Å²) in [5.41, 5.74) is 0. The summed E-state index contributed by atoms with van der Waals surface area (Å²) in [7, 11) is 0. The summed E-state index contributed by atoms with van der Waals surface area (Å²) < 4.78 is 0. The molecule has 0 spiro atoms. The fourth-order valence-electron chi connectivity index (χ4n) is 0. The Morgan fingerprint density at radius 3 is 1.00 bits per heavy atom. The van der Waals surface area contributed by atoms with E-state index in [2.05, 4.69) is 0 Å². The summed E-state index contributed by atoms with van der Waals surface area (Å²) in [5, 5.41) is 0. The van der Waals surface area contributed by atoms with E-state index in [0.717, 1.165) is 0 Å². The van der Waals surface area contributed by atoms with Crippen LogP contribution in [0, 0.1) is 0 Å². The molecule has 0 aliphatic heterocycles. The molecular weight excluding hydrogens is 160 g/mol. The van der Waals surface area contributed by atoms with Crippen LogP contribution in [0.15, 0.2) is 0 Å². The molecule has 0 atom stereocenters. The molecule has 1 radical (unpaired) electrons. The Labute approximate surface area is 57.6 Å². The van der Waals surface area contributed by atoms with E-state index in [1.54, 1.807) is 0 Å². The predicted molar refractivity (Wildman–Crippen MR) is 15.0 cm³/mol. The molecule has 1 nitrogen and oxygen atoms in total. The van der Waals surface area contributed by atoms with E-state index in [1.165, 1.54) is 0 Å². The number of rotatable bonds is 0. The molecule has 0 amide bonds. The second-order valence-corrected chi connectivity index (χ2v) is 0. The number of hydrogen-bond donors (Lipinski definition) is 1. The van der Waals surface area contributed by atoms with Crippen molar-refractivity contribution in [2.24, 2.45) is 0 Å². The SMILES string of the molecule is N.[AlH3].[Cu].[Fe]. The molecule has 33 valence electrons. The van der Waals surface area contributed by atoms with Crippen molar-refractivity contribution in [2.45, 2.75) is 0 Å². The van der Waals surface area contributed by atoms with Gasteiger partial charge in [-0.2, -0.15) is 0 Å². The minimum atomic E-state index is 0. The van der Waals surface area contributed by atoms with Gasteiger partial charge in [0.2, 0.25) is 0 Å². The van der Waals surface area contributed by atoms with Crippen LogP contribution in [0.4, 0.5) is 0 Å². The van der Waals surface area contributed by atoms with Crippen molar-refractivity contribution in [3.8, 4) is 0 Å². The van der Waals surface area contributed by atoms with E-state index in [0.29, 0.717) is 0 Å². The normalized spacial score (nSPS) is 0. The Morgan fingerprint density at radius 1 is 1.00 bits per heavy atom. The molecular formula is H6AlCuFeN. The van der Waals surface area contributed by atoms with Crippen LogP contribution in [0.3, 0.4) is 0 Å². The molecule has 0 rings (SSSR count). The van der Waals surface area contributed by atoms with Gasteiger partial charge in [0.15, 0.2) is 17.4 Å². The molecule has 4 heavy (non-hydrogen) atoms. The molecule has 0 saturated carbocycles. The van der Waals surface area contributed by atoms with Crippen LogP contribution in [0.1, 0.15) is 0 Å². The van der Waals surface area contributed by atoms with Gasteiger partial charge in [0.05, 0.1) is 0 Å². The topological polar surface area (TPSA) is 35.0 Å². The van der Waals surface area contributed by atoms with E-state index < -0.39 is 0 Å². The minimum Gasteiger partial charge on any atom is -0.344 e. The van der Waals surface area contributed by atoms with Crippen molar-refractivity contribution in [1.29, 1.82) is 0 Å². The van der Waals surface area contributed by atoms with E-state index in [-0.39, 0.29) is 57.6 Å². The standard InChI is InChI=1S/Al.Cu.Fe.H3N.3H/h;;;1H3;;;. The van der Waals surface area contributed by atoms with E-state index in [4.69, 9.17) is 0 Å². The van der Waals surface area contributed by atoms with Crippen LogP contribution in [0.25, 0.3) is 0 Å². The van der Waals surface area contributed by atoms with Crippen molar-refractivity contribution >= 4 is 17.4 Å². The second kappa shape index (κ2) is 24.1. The van der Waals surface area contributed by atoms with Gasteiger partial charge < -0.3 is 6.15 Å². The van der Waals surface area contributed by atoms with Gasteiger partial charge in [-0.15, -0.1) is 0 Å². The molecule has 0 saturated heterocycles.